The van der Waals surface area contributed by atoms with Gasteiger partial charge in [0, 0.05) is 5.56 Å². The third-order valence-electron chi connectivity index (χ3n) is 12.3. The zero-order valence-corrected chi connectivity index (χ0v) is 28.2. The molecular weight excluding hydrogens is 542 g/mol. The van der Waals surface area contributed by atoms with E-state index in [0.29, 0.717) is 23.0 Å². The van der Waals surface area contributed by atoms with E-state index >= 15 is 8.78 Å². The molecule has 0 unspecified atom stereocenters. The molecule has 0 aromatic heterocycles. The maximum atomic E-state index is 15.5. The Kier molecular flexibility index (Phi) is 13.2. The first-order valence-corrected chi connectivity index (χ1v) is 19.1. The van der Waals surface area contributed by atoms with Crippen molar-refractivity contribution in [3.63, 3.8) is 0 Å². The lowest BCUT2D eigenvalue weighted by Crippen LogP contribution is -2.25. The van der Waals surface area contributed by atoms with Gasteiger partial charge in [-0.2, -0.15) is 0 Å². The van der Waals surface area contributed by atoms with Gasteiger partial charge in [0.25, 0.3) is 0 Å². The van der Waals surface area contributed by atoms with E-state index in [1.54, 1.807) is 12.1 Å². The van der Waals surface area contributed by atoms with Gasteiger partial charge in [-0.1, -0.05) is 115 Å². The molecule has 0 heterocycles. The van der Waals surface area contributed by atoms with E-state index in [9.17, 15) is 0 Å². The second-order valence-corrected chi connectivity index (χ2v) is 15.3. The smallest absolute Gasteiger partial charge is 0.131 e. The third kappa shape index (κ3) is 9.19. The number of halogens is 2. The summed E-state index contributed by atoms with van der Waals surface area (Å²) in [5.74, 6) is 4.02. The number of hydrogen-bond donors (Lipinski definition) is 0. The second kappa shape index (κ2) is 17.3. The van der Waals surface area contributed by atoms with Crippen molar-refractivity contribution < 1.29 is 8.78 Å². The summed E-state index contributed by atoms with van der Waals surface area (Å²) in [7, 11) is 0. The lowest BCUT2D eigenvalue weighted by atomic mass is 9.68. The molecule has 0 bridgehead atoms. The standard InChI is InChI=1S/C42H62F2/c1-3-5-7-8-10-12-32-13-17-33(18-14-32)34-21-23-35(24-22-34)37-25-27-40(41(43)29-37)38-26-28-39(42(44)30-38)36-19-15-31(16-20-36)11-9-6-4-2/h25-36H,3-24H2,1-2H3. The molecule has 244 valence electrons. The molecule has 0 spiro atoms. The SMILES string of the molecule is CCCCCCCC1CCC(C2CCC(c3ccc(-c4ccc(C5CCC(CCCCC)CC5)c(F)c4)c(F)c3)CC2)CC1. The molecule has 0 amide bonds. The van der Waals surface area contributed by atoms with E-state index < -0.39 is 0 Å². The molecule has 2 heteroatoms. The zero-order chi connectivity index (χ0) is 30.7. The summed E-state index contributed by atoms with van der Waals surface area (Å²) in [5.41, 5.74) is 3.19. The molecule has 2 aromatic carbocycles. The molecule has 0 aliphatic heterocycles. The molecule has 44 heavy (non-hydrogen) atoms. The molecule has 0 N–H and O–H groups in total. The summed E-state index contributed by atoms with van der Waals surface area (Å²) in [5, 5.41) is 0. The minimum absolute atomic E-state index is 0.153. The molecule has 5 rings (SSSR count). The van der Waals surface area contributed by atoms with Crippen LogP contribution in [-0.2, 0) is 0 Å². The van der Waals surface area contributed by atoms with Gasteiger partial charge in [0.1, 0.15) is 11.6 Å². The van der Waals surface area contributed by atoms with E-state index in [1.165, 1.54) is 128 Å². The monoisotopic (exact) mass is 604 g/mol. The van der Waals surface area contributed by atoms with Crippen LogP contribution >= 0.6 is 0 Å². The van der Waals surface area contributed by atoms with Crippen molar-refractivity contribution >= 4 is 0 Å². The third-order valence-corrected chi connectivity index (χ3v) is 12.3. The number of rotatable bonds is 14. The van der Waals surface area contributed by atoms with Crippen molar-refractivity contribution in [3.8, 4) is 11.1 Å². The van der Waals surface area contributed by atoms with Crippen molar-refractivity contribution in [2.75, 3.05) is 0 Å². The van der Waals surface area contributed by atoms with Gasteiger partial charge in [0.05, 0.1) is 0 Å². The zero-order valence-electron chi connectivity index (χ0n) is 28.2. The topological polar surface area (TPSA) is 0 Å². The lowest BCUT2D eigenvalue weighted by molar-refractivity contribution is 0.155. The van der Waals surface area contributed by atoms with Crippen LogP contribution in [0.1, 0.15) is 178 Å². The maximum Gasteiger partial charge on any atom is 0.131 e. The van der Waals surface area contributed by atoms with Crippen LogP contribution in [0.2, 0.25) is 0 Å². The quantitative estimate of drug-likeness (QED) is 0.188. The van der Waals surface area contributed by atoms with E-state index in [0.717, 1.165) is 47.6 Å². The Morgan fingerprint density at radius 3 is 1.68 bits per heavy atom. The predicted octanol–water partition coefficient (Wildman–Crippen LogP) is 13.9. The van der Waals surface area contributed by atoms with Crippen molar-refractivity contribution in [2.24, 2.45) is 23.7 Å². The molecular formula is C42H62F2. The molecule has 0 nitrogen and oxygen atoms in total. The Bertz CT molecular complexity index is 1110. The lowest BCUT2D eigenvalue weighted by Gasteiger charge is -2.38. The van der Waals surface area contributed by atoms with Crippen molar-refractivity contribution in [1.29, 1.82) is 0 Å². The van der Waals surface area contributed by atoms with Gasteiger partial charge >= 0.3 is 0 Å². The highest BCUT2D eigenvalue weighted by Gasteiger charge is 2.31. The molecule has 2 aromatic rings. The van der Waals surface area contributed by atoms with Gasteiger partial charge in [-0.3, -0.25) is 0 Å². The van der Waals surface area contributed by atoms with Crippen LogP contribution in [0.25, 0.3) is 11.1 Å². The second-order valence-electron chi connectivity index (χ2n) is 15.3. The number of hydrogen-bond acceptors (Lipinski definition) is 0. The maximum absolute atomic E-state index is 15.5. The summed E-state index contributed by atoms with van der Waals surface area (Å²) >= 11 is 0. The summed E-state index contributed by atoms with van der Waals surface area (Å²) in [4.78, 5) is 0. The van der Waals surface area contributed by atoms with Crippen molar-refractivity contribution in [1.82, 2.24) is 0 Å². The first-order chi connectivity index (χ1) is 21.6. The fourth-order valence-electron chi connectivity index (χ4n) is 9.40. The Balaban J connectivity index is 1.08. The molecule has 3 fully saturated rings. The van der Waals surface area contributed by atoms with Crippen LogP contribution in [0.15, 0.2) is 36.4 Å². The van der Waals surface area contributed by atoms with Crippen LogP contribution in [-0.4, -0.2) is 0 Å². The summed E-state index contributed by atoms with van der Waals surface area (Å²) in [6.07, 6.45) is 29.1. The van der Waals surface area contributed by atoms with E-state index in [4.69, 9.17) is 0 Å². The largest absolute Gasteiger partial charge is 0.207 e. The van der Waals surface area contributed by atoms with Gasteiger partial charge < -0.3 is 0 Å². The number of benzene rings is 2. The van der Waals surface area contributed by atoms with Gasteiger partial charge in [-0.25, -0.2) is 8.78 Å². The van der Waals surface area contributed by atoms with Crippen LogP contribution in [0.3, 0.4) is 0 Å². The molecule has 3 saturated carbocycles. The molecule has 0 atom stereocenters. The van der Waals surface area contributed by atoms with Gasteiger partial charge in [0.15, 0.2) is 0 Å². The average Bonchev–Trinajstić information content (AvgIpc) is 3.05. The Morgan fingerprint density at radius 2 is 1.07 bits per heavy atom. The predicted molar refractivity (Wildman–Crippen MR) is 184 cm³/mol. The van der Waals surface area contributed by atoms with Crippen molar-refractivity contribution in [3.05, 3.63) is 59.2 Å². The molecule has 3 aliphatic carbocycles. The Hall–Kier alpha value is -1.70. The Labute approximate surface area is 269 Å². The summed E-state index contributed by atoms with van der Waals surface area (Å²) in [6.45, 7) is 4.56. The molecule has 3 aliphatic rings. The summed E-state index contributed by atoms with van der Waals surface area (Å²) < 4.78 is 30.8. The molecule has 0 saturated heterocycles. The highest BCUT2D eigenvalue weighted by atomic mass is 19.1. The average molecular weight is 605 g/mol. The van der Waals surface area contributed by atoms with E-state index in [1.807, 2.05) is 18.2 Å². The first kappa shape index (κ1) is 33.7. The van der Waals surface area contributed by atoms with Crippen LogP contribution < -0.4 is 0 Å². The minimum Gasteiger partial charge on any atom is -0.207 e. The van der Waals surface area contributed by atoms with E-state index in [2.05, 4.69) is 19.9 Å². The fraction of sp³-hybridized carbons (Fsp3) is 0.714. The minimum atomic E-state index is -0.197. The molecule has 0 radical (unpaired) electrons. The van der Waals surface area contributed by atoms with Crippen molar-refractivity contribution in [2.45, 2.75) is 167 Å². The van der Waals surface area contributed by atoms with Gasteiger partial charge in [-0.15, -0.1) is 0 Å². The first-order valence-electron chi connectivity index (χ1n) is 19.1. The normalized spacial score (nSPS) is 27.8. The highest BCUT2D eigenvalue weighted by molar-refractivity contribution is 5.65. The van der Waals surface area contributed by atoms with Crippen LogP contribution in [0.5, 0.6) is 0 Å². The highest BCUT2D eigenvalue weighted by Crippen LogP contribution is 2.45. The van der Waals surface area contributed by atoms with Crippen LogP contribution in [0, 0.1) is 35.3 Å². The Morgan fingerprint density at radius 1 is 0.523 bits per heavy atom. The number of unbranched alkanes of at least 4 members (excludes halogenated alkanes) is 6. The van der Waals surface area contributed by atoms with Gasteiger partial charge in [0.2, 0.25) is 0 Å². The van der Waals surface area contributed by atoms with E-state index in [-0.39, 0.29) is 11.6 Å². The van der Waals surface area contributed by atoms with Gasteiger partial charge in [-0.05, 0) is 129 Å². The fourth-order valence-corrected chi connectivity index (χ4v) is 9.40. The summed E-state index contributed by atoms with van der Waals surface area (Å²) in [6, 6.07) is 11.3. The van der Waals surface area contributed by atoms with Crippen LogP contribution in [0.4, 0.5) is 8.78 Å².